The zero-order valence-corrected chi connectivity index (χ0v) is 15.2. The molecular weight excluding hydrogens is 316 g/mol. The molecule has 0 heterocycles. The predicted molar refractivity (Wildman–Crippen MR) is 90.6 cm³/mol. The summed E-state index contributed by atoms with van der Waals surface area (Å²) < 4.78 is 10.7. The number of halogens is 1. The molecule has 0 unspecified atom stereocenters. The lowest BCUT2D eigenvalue weighted by Crippen LogP contribution is -2.43. The number of benzene rings is 1. The van der Waals surface area contributed by atoms with E-state index in [0.717, 1.165) is 5.56 Å². The zero-order valence-electron chi connectivity index (χ0n) is 14.4. The van der Waals surface area contributed by atoms with Crippen molar-refractivity contribution < 1.29 is 19.1 Å². The lowest BCUT2D eigenvalue weighted by molar-refractivity contribution is -0.168. The number of rotatable bonds is 7. The van der Waals surface area contributed by atoms with Crippen LogP contribution in [0.25, 0.3) is 0 Å². The van der Waals surface area contributed by atoms with Crippen molar-refractivity contribution in [1.29, 1.82) is 0 Å². The minimum Gasteiger partial charge on any atom is -0.465 e. The molecule has 0 saturated heterocycles. The Morgan fingerprint density at radius 3 is 2.30 bits per heavy atom. The summed E-state index contributed by atoms with van der Waals surface area (Å²) >= 11 is 6.07. The summed E-state index contributed by atoms with van der Waals surface area (Å²) in [4.78, 5) is 25.1. The van der Waals surface area contributed by atoms with Gasteiger partial charge in [0, 0.05) is 0 Å². The number of carbonyl (C=O) groups is 2. The number of carbonyl (C=O) groups excluding carboxylic acids is 2. The van der Waals surface area contributed by atoms with Crippen LogP contribution >= 0.6 is 11.6 Å². The van der Waals surface area contributed by atoms with Crippen LogP contribution in [-0.2, 0) is 14.3 Å². The van der Waals surface area contributed by atoms with Crippen LogP contribution in [0.3, 0.4) is 0 Å². The van der Waals surface area contributed by atoms with Gasteiger partial charge in [-0.2, -0.15) is 0 Å². The van der Waals surface area contributed by atoms with Gasteiger partial charge in [0.2, 0.25) is 0 Å². The Hall–Kier alpha value is -1.55. The molecule has 4 nitrogen and oxygen atoms in total. The van der Waals surface area contributed by atoms with E-state index in [9.17, 15) is 9.59 Å². The fraction of sp³-hybridized carbons (Fsp3) is 0.556. The molecule has 0 aliphatic heterocycles. The fourth-order valence-corrected chi connectivity index (χ4v) is 2.33. The molecule has 0 fully saturated rings. The van der Waals surface area contributed by atoms with E-state index in [2.05, 4.69) is 0 Å². The molecule has 0 spiro atoms. The molecule has 0 atom stereocenters. The second-order valence-electron chi connectivity index (χ2n) is 6.10. The Morgan fingerprint density at radius 1 is 1.17 bits per heavy atom. The van der Waals surface area contributed by atoms with Gasteiger partial charge in [0.25, 0.3) is 0 Å². The largest absolute Gasteiger partial charge is 0.465 e. The Morgan fingerprint density at radius 2 is 1.78 bits per heavy atom. The number of aryl methyl sites for hydroxylation is 1. The average molecular weight is 341 g/mol. The van der Waals surface area contributed by atoms with E-state index in [0.29, 0.717) is 17.9 Å². The summed E-state index contributed by atoms with van der Waals surface area (Å²) in [5, 5.41) is 0.334. The molecule has 0 saturated carbocycles. The van der Waals surface area contributed by atoms with E-state index >= 15 is 0 Å². The summed E-state index contributed by atoms with van der Waals surface area (Å²) in [6, 6.07) is 5.16. The smallest absolute Gasteiger partial charge is 0.328 e. The number of ether oxygens (including phenoxy) is 2. The minimum absolute atomic E-state index is 0.201. The summed E-state index contributed by atoms with van der Waals surface area (Å²) in [6.07, 6.45) is 0.616. The van der Waals surface area contributed by atoms with Gasteiger partial charge in [-0.05, 0) is 43.4 Å². The molecule has 0 N–H and O–H groups in total. The van der Waals surface area contributed by atoms with Gasteiger partial charge in [-0.3, -0.25) is 9.59 Å². The SMILES string of the molecule is CCC(CC)(C(=O)OCC(C)C)C(=O)Oc1cc(C)ccc1Cl. The molecule has 0 aliphatic rings. The standard InChI is InChI=1S/C18H25ClO4/c1-6-18(7-2,16(20)22-11-12(3)4)17(21)23-15-10-13(5)8-9-14(15)19/h8-10,12H,6-7,11H2,1-5H3. The number of esters is 2. The first-order valence-electron chi connectivity index (χ1n) is 7.92. The van der Waals surface area contributed by atoms with Crippen LogP contribution in [0.2, 0.25) is 5.02 Å². The monoisotopic (exact) mass is 340 g/mol. The van der Waals surface area contributed by atoms with Gasteiger partial charge in [0.15, 0.2) is 5.41 Å². The Labute approximate surface area is 143 Å². The maximum absolute atomic E-state index is 12.7. The summed E-state index contributed by atoms with van der Waals surface area (Å²) in [5.41, 5.74) is -0.389. The van der Waals surface area contributed by atoms with Crippen molar-refractivity contribution in [2.45, 2.75) is 47.5 Å². The van der Waals surface area contributed by atoms with Gasteiger partial charge in [-0.1, -0.05) is 45.4 Å². The maximum Gasteiger partial charge on any atom is 0.328 e. The Balaban J connectivity index is 3.01. The highest BCUT2D eigenvalue weighted by Gasteiger charge is 2.46. The lowest BCUT2D eigenvalue weighted by Gasteiger charge is -2.27. The predicted octanol–water partition coefficient (Wildman–Crippen LogP) is 4.56. The number of hydrogen-bond donors (Lipinski definition) is 0. The third-order valence-corrected chi connectivity index (χ3v) is 4.14. The van der Waals surface area contributed by atoms with Crippen molar-refractivity contribution in [3.63, 3.8) is 0 Å². The summed E-state index contributed by atoms with van der Waals surface area (Å²) in [7, 11) is 0. The highest BCUT2D eigenvalue weighted by Crippen LogP contribution is 2.33. The van der Waals surface area contributed by atoms with E-state index < -0.39 is 17.4 Å². The van der Waals surface area contributed by atoms with Crippen LogP contribution < -0.4 is 4.74 Å². The molecule has 128 valence electrons. The van der Waals surface area contributed by atoms with Gasteiger partial charge >= 0.3 is 11.9 Å². The second-order valence-corrected chi connectivity index (χ2v) is 6.51. The van der Waals surface area contributed by atoms with Crippen LogP contribution in [0, 0.1) is 18.3 Å². The average Bonchev–Trinajstić information content (AvgIpc) is 2.50. The first-order chi connectivity index (χ1) is 10.8. The fourth-order valence-electron chi connectivity index (χ4n) is 2.18. The third-order valence-electron chi connectivity index (χ3n) is 3.83. The molecular formula is C18H25ClO4. The lowest BCUT2D eigenvalue weighted by atomic mass is 9.82. The topological polar surface area (TPSA) is 52.6 Å². The van der Waals surface area contributed by atoms with Gasteiger partial charge in [-0.15, -0.1) is 0 Å². The van der Waals surface area contributed by atoms with E-state index in [1.807, 2.05) is 26.8 Å². The highest BCUT2D eigenvalue weighted by atomic mass is 35.5. The van der Waals surface area contributed by atoms with Crippen molar-refractivity contribution in [3.05, 3.63) is 28.8 Å². The van der Waals surface area contributed by atoms with E-state index in [4.69, 9.17) is 21.1 Å². The van der Waals surface area contributed by atoms with Gasteiger partial charge in [0.05, 0.1) is 11.6 Å². The van der Waals surface area contributed by atoms with Crippen LogP contribution in [0.1, 0.15) is 46.1 Å². The maximum atomic E-state index is 12.7. The van der Waals surface area contributed by atoms with Gasteiger partial charge < -0.3 is 9.47 Å². The molecule has 1 aromatic carbocycles. The zero-order chi connectivity index (χ0) is 17.6. The van der Waals surface area contributed by atoms with Crippen LogP contribution in [0.15, 0.2) is 18.2 Å². The van der Waals surface area contributed by atoms with E-state index in [1.165, 1.54) is 0 Å². The summed E-state index contributed by atoms with van der Waals surface area (Å²) in [6.45, 7) is 9.59. The highest BCUT2D eigenvalue weighted by molar-refractivity contribution is 6.32. The van der Waals surface area contributed by atoms with Crippen LogP contribution in [0.5, 0.6) is 5.75 Å². The van der Waals surface area contributed by atoms with Crippen molar-refractivity contribution in [2.75, 3.05) is 6.61 Å². The molecule has 0 aliphatic carbocycles. The van der Waals surface area contributed by atoms with E-state index in [-0.39, 0.29) is 18.3 Å². The molecule has 1 rings (SSSR count). The number of hydrogen-bond acceptors (Lipinski definition) is 4. The van der Waals surface area contributed by atoms with Crippen LogP contribution in [0.4, 0.5) is 0 Å². The first-order valence-corrected chi connectivity index (χ1v) is 8.30. The molecule has 0 bridgehead atoms. The third kappa shape index (κ3) is 4.71. The van der Waals surface area contributed by atoms with Gasteiger partial charge in [-0.25, -0.2) is 0 Å². The molecule has 23 heavy (non-hydrogen) atoms. The summed E-state index contributed by atoms with van der Waals surface area (Å²) in [5.74, 6) is -0.694. The Kier molecular flexibility index (Phi) is 7.07. The molecule has 1 aromatic rings. The van der Waals surface area contributed by atoms with E-state index in [1.54, 1.807) is 26.0 Å². The Bertz CT molecular complexity index is 562. The molecule has 0 radical (unpaired) electrons. The normalized spacial score (nSPS) is 11.4. The molecule has 5 heteroatoms. The molecule has 0 amide bonds. The molecule has 0 aromatic heterocycles. The van der Waals surface area contributed by atoms with Crippen LogP contribution in [-0.4, -0.2) is 18.5 Å². The van der Waals surface area contributed by atoms with Crippen molar-refractivity contribution in [2.24, 2.45) is 11.3 Å². The quantitative estimate of drug-likeness (QED) is 0.415. The van der Waals surface area contributed by atoms with Crippen molar-refractivity contribution in [3.8, 4) is 5.75 Å². The second kappa shape index (κ2) is 8.34. The van der Waals surface area contributed by atoms with Gasteiger partial charge in [0.1, 0.15) is 5.75 Å². The van der Waals surface area contributed by atoms with Crippen molar-refractivity contribution >= 4 is 23.5 Å². The minimum atomic E-state index is -1.30. The van der Waals surface area contributed by atoms with Crippen molar-refractivity contribution in [1.82, 2.24) is 0 Å². The first kappa shape index (κ1) is 19.5.